The van der Waals surface area contributed by atoms with Gasteiger partial charge in [0.1, 0.15) is 0 Å². The molecular formula is C132H144Cl3N9. The summed E-state index contributed by atoms with van der Waals surface area (Å²) in [7, 11) is 0. The molecule has 16 aromatic rings. The van der Waals surface area contributed by atoms with E-state index in [1.54, 1.807) is 0 Å². The van der Waals surface area contributed by atoms with Gasteiger partial charge in [-0.15, -0.1) is 0 Å². The Bertz CT molecular complexity index is 6370. The first kappa shape index (κ1) is 104. The smallest absolute Gasteiger partial charge is 0.164 e. The van der Waals surface area contributed by atoms with E-state index in [0.29, 0.717) is 32.5 Å². The van der Waals surface area contributed by atoms with Crippen molar-refractivity contribution in [2.45, 2.75) is 256 Å². The third-order valence-electron chi connectivity index (χ3n) is 27.7. The van der Waals surface area contributed by atoms with E-state index in [-0.39, 0.29) is 48.7 Å². The molecular weight excluding hydrogens is 1820 g/mol. The SMILES string of the molecule is Cc1cc(N(c2ccc(-c3nc(-c4ccc(N(c5ccc(C(C)(C)C)cc5)c5cc(C)cc(N(c6ccc(C(C)(C)C)cc6)c6ccc(C(C)(C)C)cc6)c5Cl)cc4)nc(-c4ccc(N(c5ccc(C(C)(C)C)cc5)c5cc(C)cc(N(c6ccc(C(C)(C)C)cc6)c6ccc(C(C)(C)C)cc6)c5Cl)cc4)n3)cc2)c2ccc(C(C)(C)C)cc2)c(Cl)c(N(c2ccc(C(C)(C)C)cc2)c2ccc(C(C)(C)C)cc2)c1. The van der Waals surface area contributed by atoms with E-state index in [0.717, 1.165) is 136 Å². The molecule has 144 heavy (non-hydrogen) atoms. The molecule has 0 bridgehead atoms. The van der Waals surface area contributed by atoms with Crippen LogP contribution in [0.2, 0.25) is 15.1 Å². The van der Waals surface area contributed by atoms with Gasteiger partial charge in [-0.05, 0) is 355 Å². The van der Waals surface area contributed by atoms with Crippen molar-refractivity contribution in [3.8, 4) is 34.2 Å². The van der Waals surface area contributed by atoms with E-state index in [4.69, 9.17) is 49.8 Å². The molecule has 738 valence electrons. The van der Waals surface area contributed by atoms with Gasteiger partial charge in [-0.2, -0.15) is 0 Å². The Balaban J connectivity index is 0.869. The van der Waals surface area contributed by atoms with Crippen LogP contribution >= 0.6 is 34.8 Å². The number of aromatic nitrogens is 3. The predicted molar refractivity (Wildman–Crippen MR) is 622 cm³/mol. The zero-order valence-electron chi connectivity index (χ0n) is 90.3. The summed E-state index contributed by atoms with van der Waals surface area (Å²) in [5, 5.41) is 1.75. The first-order chi connectivity index (χ1) is 67.5. The molecule has 0 aliphatic heterocycles. The zero-order chi connectivity index (χ0) is 104. The minimum absolute atomic E-state index is 0.0557. The molecule has 12 heteroatoms. The molecule has 0 amide bonds. The number of hydrogen-bond acceptors (Lipinski definition) is 9. The second-order valence-electron chi connectivity index (χ2n) is 48.5. The lowest BCUT2D eigenvalue weighted by atomic mass is 9.86. The Morgan fingerprint density at radius 2 is 0.250 bits per heavy atom. The summed E-state index contributed by atoms with van der Waals surface area (Å²) in [5.41, 5.74) is 32.3. The second-order valence-corrected chi connectivity index (χ2v) is 49.6. The summed E-state index contributed by atoms with van der Waals surface area (Å²) < 4.78 is 0. The van der Waals surface area contributed by atoms with E-state index in [2.05, 4.69) is 565 Å². The molecule has 9 nitrogen and oxygen atoms in total. The molecule has 16 rings (SSSR count). The van der Waals surface area contributed by atoms with Crippen LogP contribution in [0.5, 0.6) is 0 Å². The van der Waals surface area contributed by atoms with Crippen LogP contribution < -0.4 is 29.4 Å². The van der Waals surface area contributed by atoms with E-state index < -0.39 is 0 Å². The van der Waals surface area contributed by atoms with Gasteiger partial charge in [0.2, 0.25) is 0 Å². The normalized spacial score (nSPS) is 12.5. The summed E-state index contributed by atoms with van der Waals surface area (Å²) in [5.74, 6) is 1.44. The number of hydrogen-bond donors (Lipinski definition) is 0. The van der Waals surface area contributed by atoms with Gasteiger partial charge in [0.05, 0.1) is 49.2 Å². The molecule has 0 atom stereocenters. The summed E-state index contributed by atoms with van der Waals surface area (Å²) >= 11 is 24.8. The zero-order valence-corrected chi connectivity index (χ0v) is 92.6. The fourth-order valence-electron chi connectivity index (χ4n) is 18.8. The van der Waals surface area contributed by atoms with Crippen LogP contribution in [0.1, 0.15) is 254 Å². The summed E-state index contributed by atoms with van der Waals surface area (Å²) in [6.07, 6.45) is 0. The van der Waals surface area contributed by atoms with Gasteiger partial charge in [-0.3, -0.25) is 0 Å². The van der Waals surface area contributed by atoms with E-state index >= 15 is 0 Å². The molecule has 0 radical (unpaired) electrons. The van der Waals surface area contributed by atoms with Crippen molar-refractivity contribution < 1.29 is 0 Å². The minimum Gasteiger partial charge on any atom is -0.309 e. The van der Waals surface area contributed by atoms with Crippen LogP contribution in [0.3, 0.4) is 0 Å². The van der Waals surface area contributed by atoms with Crippen molar-refractivity contribution in [3.05, 3.63) is 409 Å². The minimum atomic E-state index is -0.107. The van der Waals surface area contributed by atoms with Crippen LogP contribution in [0.15, 0.2) is 328 Å². The Morgan fingerprint density at radius 1 is 0.153 bits per heavy atom. The molecule has 0 unspecified atom stereocenters. The number of rotatable bonds is 21. The highest BCUT2D eigenvalue weighted by atomic mass is 35.5. The fourth-order valence-corrected chi connectivity index (χ4v) is 19.6. The second kappa shape index (κ2) is 39.8. The number of anilines is 18. The van der Waals surface area contributed by atoms with Crippen LogP contribution in [-0.4, -0.2) is 15.0 Å². The Labute approximate surface area is 875 Å². The van der Waals surface area contributed by atoms with Crippen molar-refractivity contribution in [2.75, 3.05) is 29.4 Å². The van der Waals surface area contributed by atoms with E-state index in [1.807, 2.05) is 0 Å². The van der Waals surface area contributed by atoms with Gasteiger partial charge in [0, 0.05) is 84.9 Å². The van der Waals surface area contributed by atoms with Gasteiger partial charge in [-0.1, -0.05) is 331 Å². The largest absolute Gasteiger partial charge is 0.309 e. The lowest BCUT2D eigenvalue weighted by molar-refractivity contribution is 0.590. The quantitative estimate of drug-likeness (QED) is 0.0700. The predicted octanol–water partition coefficient (Wildman–Crippen LogP) is 40.3. The van der Waals surface area contributed by atoms with Gasteiger partial charge < -0.3 is 29.4 Å². The van der Waals surface area contributed by atoms with Crippen molar-refractivity contribution in [2.24, 2.45) is 0 Å². The number of halogens is 3. The molecule has 0 aliphatic rings. The number of nitrogens with zero attached hydrogens (tertiary/aromatic N) is 9. The Kier molecular flexibility index (Phi) is 28.7. The topological polar surface area (TPSA) is 58.1 Å². The maximum absolute atomic E-state index is 8.25. The van der Waals surface area contributed by atoms with Crippen LogP contribution in [0, 0.1) is 20.8 Å². The molecule has 15 aromatic carbocycles. The lowest BCUT2D eigenvalue weighted by Gasteiger charge is -2.32. The molecule has 0 saturated carbocycles. The van der Waals surface area contributed by atoms with Gasteiger partial charge in [0.15, 0.2) is 17.5 Å². The molecule has 1 aromatic heterocycles. The fraction of sp³-hybridized carbons (Fsp3) is 0.295. The monoisotopic (exact) mass is 1960 g/mol. The first-order valence-electron chi connectivity index (χ1n) is 50.8. The third kappa shape index (κ3) is 22.7. The third-order valence-corrected chi connectivity index (χ3v) is 28.9. The summed E-state index contributed by atoms with van der Waals surface area (Å²) in [4.78, 5) is 30.5. The summed E-state index contributed by atoms with van der Waals surface area (Å²) in [6, 6.07) is 119. The van der Waals surface area contributed by atoms with Crippen molar-refractivity contribution >= 4 is 137 Å². The molecule has 0 N–H and O–H groups in total. The first-order valence-corrected chi connectivity index (χ1v) is 51.9. The van der Waals surface area contributed by atoms with Crippen LogP contribution in [0.4, 0.5) is 102 Å². The van der Waals surface area contributed by atoms with Gasteiger partial charge in [0.25, 0.3) is 0 Å². The van der Waals surface area contributed by atoms with Crippen molar-refractivity contribution in [1.29, 1.82) is 0 Å². The summed E-state index contributed by atoms with van der Waals surface area (Å²) in [6.45, 7) is 67.4. The average molecular weight is 1960 g/mol. The Hall–Kier alpha value is -13.0. The molecule has 0 saturated heterocycles. The number of benzene rings is 15. The highest BCUT2D eigenvalue weighted by molar-refractivity contribution is 6.38. The maximum atomic E-state index is 8.25. The van der Waals surface area contributed by atoms with E-state index in [1.165, 1.54) is 50.1 Å². The van der Waals surface area contributed by atoms with Crippen LogP contribution in [-0.2, 0) is 48.7 Å². The van der Waals surface area contributed by atoms with Gasteiger partial charge in [-0.25, -0.2) is 15.0 Å². The Morgan fingerprint density at radius 3 is 0.347 bits per heavy atom. The molecule has 0 spiro atoms. The van der Waals surface area contributed by atoms with Crippen LogP contribution in [0.25, 0.3) is 34.2 Å². The molecule has 0 fully saturated rings. The van der Waals surface area contributed by atoms with Gasteiger partial charge >= 0.3 is 0 Å². The molecule has 1 heterocycles. The molecule has 0 aliphatic carbocycles. The highest BCUT2D eigenvalue weighted by Crippen LogP contribution is 2.55. The average Bonchev–Trinajstić information content (AvgIpc) is 0.762. The standard InChI is InChI=1S/C132H144Cl3N9/c1-85-79-112(118(133)115(82-85)142(106-67-43-94(44-68-106)127(13,14)15)107-69-45-95(46-70-107)128(16,17)18)139(103-61-37-91(38-62-103)124(4,5)6)100-55-31-88(32-56-100)121-136-122(89-33-57-101(58-34-89)140(104-63-39-92(40-64-104)125(7,8)9)113-80-86(2)83-116(119(113)134)143(108-71-47-96(48-72-108)129(19,20)21)109-73-49-97(50-74-109)130(22,23)24)138-123(137-121)90-35-59-102(60-36-90)141(105-65-41-93(42-66-105)126(10,11)12)114-81-87(3)84-117(120(114)135)144(110-75-51-98(52-76-110)131(25,26)27)111-77-53-99(54-78-111)132(28,29)30/h31-84H,1-30H3. The highest BCUT2D eigenvalue weighted by Gasteiger charge is 2.33. The van der Waals surface area contributed by atoms with Crippen molar-refractivity contribution in [3.63, 3.8) is 0 Å². The van der Waals surface area contributed by atoms with Crippen molar-refractivity contribution in [1.82, 2.24) is 15.0 Å². The lowest BCUT2D eigenvalue weighted by Crippen LogP contribution is -2.17. The maximum Gasteiger partial charge on any atom is 0.164 e. The van der Waals surface area contributed by atoms with E-state index in [9.17, 15) is 0 Å². The number of aryl methyl sites for hydroxylation is 3.